The second-order valence-corrected chi connectivity index (χ2v) is 3.79. The Hall–Kier alpha value is -1.88. The average Bonchev–Trinajstić information content (AvgIpc) is 2.43. The van der Waals surface area contributed by atoms with Gasteiger partial charge in [0.05, 0.1) is 12.1 Å². The van der Waals surface area contributed by atoms with E-state index in [1.807, 2.05) is 38.2 Å². The molecule has 0 saturated carbocycles. The third-order valence-corrected chi connectivity index (χ3v) is 2.57. The number of nitrogens with one attached hydrogen (secondary N) is 2. The predicted octanol–water partition coefficient (Wildman–Crippen LogP) is 2.12. The molecule has 2 N–H and O–H groups in total. The molecule has 0 atom stereocenters. The van der Waals surface area contributed by atoms with Crippen LogP contribution in [0.5, 0.6) is 0 Å². The van der Waals surface area contributed by atoms with E-state index in [9.17, 15) is 0 Å². The van der Waals surface area contributed by atoms with Gasteiger partial charge in [-0.15, -0.1) is 0 Å². The van der Waals surface area contributed by atoms with Crippen LogP contribution in [0.15, 0.2) is 24.3 Å². The number of hydrogen-bond donors (Lipinski definition) is 2. The highest BCUT2D eigenvalue weighted by molar-refractivity contribution is 5.89. The smallest absolute Gasteiger partial charge is 0.224 e. The highest BCUT2D eigenvalue weighted by Gasteiger charge is 2.05. The van der Waals surface area contributed by atoms with E-state index in [4.69, 9.17) is 4.74 Å². The summed E-state index contributed by atoms with van der Waals surface area (Å²) in [5.74, 6) is 1.46. The monoisotopic (exact) mass is 246 g/mol. The molecule has 0 aliphatic heterocycles. The number of ether oxygens (including phenoxy) is 1. The van der Waals surface area contributed by atoms with Crippen molar-refractivity contribution >= 4 is 22.7 Å². The molecule has 2 rings (SSSR count). The van der Waals surface area contributed by atoms with Gasteiger partial charge in [-0.2, -0.15) is 4.98 Å². The Kier molecular flexibility index (Phi) is 4.30. The van der Waals surface area contributed by atoms with Gasteiger partial charge in [0.15, 0.2) is 0 Å². The lowest BCUT2D eigenvalue weighted by Gasteiger charge is -2.10. The zero-order valence-corrected chi connectivity index (χ0v) is 10.7. The standard InChI is InChI=1S/C13H18N4O/c1-3-18-9-8-15-12-10-6-4-5-7-11(10)16-13(14-2)17-12/h4-7H,3,8-9H2,1-2H3,(H2,14,15,16,17). The van der Waals surface area contributed by atoms with Crippen LogP contribution in [0.25, 0.3) is 10.9 Å². The summed E-state index contributed by atoms with van der Waals surface area (Å²) in [6.45, 7) is 4.12. The van der Waals surface area contributed by atoms with E-state index in [-0.39, 0.29) is 0 Å². The molecular weight excluding hydrogens is 228 g/mol. The molecule has 0 fully saturated rings. The third-order valence-electron chi connectivity index (χ3n) is 2.57. The summed E-state index contributed by atoms with van der Waals surface area (Å²) < 4.78 is 5.30. The average molecular weight is 246 g/mol. The lowest BCUT2D eigenvalue weighted by Crippen LogP contribution is -2.11. The van der Waals surface area contributed by atoms with Crippen molar-refractivity contribution in [2.45, 2.75) is 6.92 Å². The number of rotatable bonds is 6. The summed E-state index contributed by atoms with van der Waals surface area (Å²) in [6, 6.07) is 7.95. The Bertz CT molecular complexity index is 515. The lowest BCUT2D eigenvalue weighted by atomic mass is 10.2. The maximum absolute atomic E-state index is 5.30. The molecule has 1 heterocycles. The fourth-order valence-corrected chi connectivity index (χ4v) is 1.71. The van der Waals surface area contributed by atoms with Crippen LogP contribution >= 0.6 is 0 Å². The molecule has 0 radical (unpaired) electrons. The summed E-state index contributed by atoms with van der Waals surface area (Å²) in [7, 11) is 1.81. The van der Waals surface area contributed by atoms with Crippen LogP contribution in [0.1, 0.15) is 6.92 Å². The quantitative estimate of drug-likeness (QED) is 0.765. The van der Waals surface area contributed by atoms with Crippen molar-refractivity contribution in [3.05, 3.63) is 24.3 Å². The Labute approximate surface area is 107 Å². The van der Waals surface area contributed by atoms with E-state index in [0.717, 1.165) is 29.9 Å². The molecule has 0 spiro atoms. The van der Waals surface area contributed by atoms with Gasteiger partial charge in [-0.25, -0.2) is 4.98 Å². The first kappa shape index (κ1) is 12.6. The molecule has 5 heteroatoms. The van der Waals surface area contributed by atoms with E-state index in [0.29, 0.717) is 12.6 Å². The van der Waals surface area contributed by atoms with Gasteiger partial charge in [-0.3, -0.25) is 0 Å². The Morgan fingerprint density at radius 2 is 2.06 bits per heavy atom. The third kappa shape index (κ3) is 2.87. The zero-order valence-electron chi connectivity index (χ0n) is 10.7. The maximum atomic E-state index is 5.30. The Morgan fingerprint density at radius 1 is 1.22 bits per heavy atom. The van der Waals surface area contributed by atoms with Crippen molar-refractivity contribution in [2.24, 2.45) is 0 Å². The van der Waals surface area contributed by atoms with Gasteiger partial charge >= 0.3 is 0 Å². The first-order valence-electron chi connectivity index (χ1n) is 6.11. The molecule has 0 aliphatic rings. The van der Waals surface area contributed by atoms with Crippen molar-refractivity contribution in [2.75, 3.05) is 37.4 Å². The number of nitrogens with zero attached hydrogens (tertiary/aromatic N) is 2. The van der Waals surface area contributed by atoms with Gasteiger partial charge in [0.1, 0.15) is 5.82 Å². The Balaban J connectivity index is 2.23. The van der Waals surface area contributed by atoms with E-state index in [1.54, 1.807) is 0 Å². The number of benzene rings is 1. The molecule has 96 valence electrons. The van der Waals surface area contributed by atoms with E-state index in [1.165, 1.54) is 0 Å². The number of para-hydroxylation sites is 1. The van der Waals surface area contributed by atoms with Crippen LogP contribution in [0.2, 0.25) is 0 Å². The topological polar surface area (TPSA) is 59.1 Å². The SMILES string of the molecule is CCOCCNc1nc(NC)nc2ccccc12. The van der Waals surface area contributed by atoms with Crippen molar-refractivity contribution in [1.82, 2.24) is 9.97 Å². The summed E-state index contributed by atoms with van der Waals surface area (Å²) in [5.41, 5.74) is 0.927. The number of anilines is 2. The molecule has 1 aromatic carbocycles. The molecule has 0 amide bonds. The molecular formula is C13H18N4O. The van der Waals surface area contributed by atoms with Gasteiger partial charge in [0.2, 0.25) is 5.95 Å². The lowest BCUT2D eigenvalue weighted by molar-refractivity contribution is 0.158. The summed E-state index contributed by atoms with van der Waals surface area (Å²) >= 11 is 0. The highest BCUT2D eigenvalue weighted by Crippen LogP contribution is 2.21. The minimum Gasteiger partial charge on any atom is -0.380 e. The fraction of sp³-hybridized carbons (Fsp3) is 0.385. The van der Waals surface area contributed by atoms with Gasteiger partial charge in [-0.05, 0) is 19.1 Å². The number of fused-ring (bicyclic) bond motifs is 1. The molecule has 1 aromatic heterocycles. The number of aromatic nitrogens is 2. The summed E-state index contributed by atoms with van der Waals surface area (Å²) in [5, 5.41) is 7.27. The minimum atomic E-state index is 0.618. The van der Waals surface area contributed by atoms with Crippen molar-refractivity contribution in [1.29, 1.82) is 0 Å². The second-order valence-electron chi connectivity index (χ2n) is 3.79. The molecule has 18 heavy (non-hydrogen) atoms. The zero-order chi connectivity index (χ0) is 12.8. The normalized spacial score (nSPS) is 10.6. The second kappa shape index (κ2) is 6.16. The first-order valence-corrected chi connectivity index (χ1v) is 6.11. The fourth-order valence-electron chi connectivity index (χ4n) is 1.71. The van der Waals surface area contributed by atoms with E-state index in [2.05, 4.69) is 20.6 Å². The first-order chi connectivity index (χ1) is 8.85. The van der Waals surface area contributed by atoms with Crippen LogP contribution < -0.4 is 10.6 Å². The van der Waals surface area contributed by atoms with Gasteiger partial charge in [0, 0.05) is 25.6 Å². The van der Waals surface area contributed by atoms with Crippen molar-refractivity contribution in [3.8, 4) is 0 Å². The summed E-state index contributed by atoms with van der Waals surface area (Å²) in [4.78, 5) is 8.83. The van der Waals surface area contributed by atoms with Crippen LogP contribution in [0.3, 0.4) is 0 Å². The molecule has 0 unspecified atom stereocenters. The minimum absolute atomic E-state index is 0.618. The van der Waals surface area contributed by atoms with Crippen LogP contribution in [-0.4, -0.2) is 36.8 Å². The molecule has 2 aromatic rings. The molecule has 0 saturated heterocycles. The summed E-state index contributed by atoms with van der Waals surface area (Å²) in [6.07, 6.45) is 0. The van der Waals surface area contributed by atoms with Crippen LogP contribution in [0.4, 0.5) is 11.8 Å². The maximum Gasteiger partial charge on any atom is 0.224 e. The van der Waals surface area contributed by atoms with E-state index < -0.39 is 0 Å². The van der Waals surface area contributed by atoms with Gasteiger partial charge < -0.3 is 15.4 Å². The van der Waals surface area contributed by atoms with Crippen LogP contribution in [-0.2, 0) is 4.74 Å². The highest BCUT2D eigenvalue weighted by atomic mass is 16.5. The van der Waals surface area contributed by atoms with Crippen LogP contribution in [0, 0.1) is 0 Å². The predicted molar refractivity (Wildman–Crippen MR) is 74.1 cm³/mol. The van der Waals surface area contributed by atoms with Crippen molar-refractivity contribution < 1.29 is 4.74 Å². The van der Waals surface area contributed by atoms with Crippen molar-refractivity contribution in [3.63, 3.8) is 0 Å². The number of hydrogen-bond acceptors (Lipinski definition) is 5. The van der Waals surface area contributed by atoms with Gasteiger partial charge in [0.25, 0.3) is 0 Å². The molecule has 0 bridgehead atoms. The molecule has 5 nitrogen and oxygen atoms in total. The van der Waals surface area contributed by atoms with Gasteiger partial charge in [-0.1, -0.05) is 12.1 Å². The molecule has 0 aliphatic carbocycles. The Morgan fingerprint density at radius 3 is 2.83 bits per heavy atom. The van der Waals surface area contributed by atoms with E-state index >= 15 is 0 Å². The largest absolute Gasteiger partial charge is 0.380 e.